The lowest BCUT2D eigenvalue weighted by Gasteiger charge is -2.32. The van der Waals surface area contributed by atoms with Gasteiger partial charge in [0, 0.05) is 38.6 Å². The Bertz CT molecular complexity index is 1620. The van der Waals surface area contributed by atoms with E-state index in [4.69, 9.17) is 32.7 Å². The number of anilines is 2. The van der Waals surface area contributed by atoms with Crippen LogP contribution in [0.2, 0.25) is 10.0 Å². The fourth-order valence-corrected chi connectivity index (χ4v) is 8.65. The predicted molar refractivity (Wildman–Crippen MR) is 205 cm³/mol. The molecule has 2 aromatic carbocycles. The number of carbonyl (C=O) groups is 4. The third-order valence-electron chi connectivity index (χ3n) is 10.8. The van der Waals surface area contributed by atoms with Crippen LogP contribution in [0.3, 0.4) is 0 Å². The molecule has 10 nitrogen and oxygen atoms in total. The number of hydrogen-bond acceptors (Lipinski definition) is 6. The zero-order chi connectivity index (χ0) is 39.9. The van der Waals surface area contributed by atoms with Gasteiger partial charge in [-0.2, -0.15) is 0 Å². The number of nitrogens with zero attached hydrogens (tertiary/aromatic N) is 4. The quantitative estimate of drug-likeness (QED) is 0.307. The molecular weight excluding hydrogens is 741 g/mol. The largest absolute Gasteiger partial charge is 0.444 e. The first-order valence-electron chi connectivity index (χ1n) is 18.6. The Morgan fingerprint density at radius 2 is 1.00 bits per heavy atom. The van der Waals surface area contributed by atoms with Crippen LogP contribution in [0, 0.1) is 35.3 Å². The summed E-state index contributed by atoms with van der Waals surface area (Å²) >= 11 is 11.7. The van der Waals surface area contributed by atoms with Crippen LogP contribution in [0.4, 0.5) is 29.7 Å². The van der Waals surface area contributed by atoms with Gasteiger partial charge in [0.25, 0.3) is 0 Å². The normalized spacial score (nSPS) is 24.7. The topological polar surface area (TPSA) is 99.7 Å². The maximum Gasteiger partial charge on any atom is 0.410 e. The minimum Gasteiger partial charge on any atom is -0.444 e. The van der Waals surface area contributed by atoms with Crippen molar-refractivity contribution in [1.29, 1.82) is 0 Å². The average molecular weight is 794 g/mol. The number of halogens is 4. The summed E-state index contributed by atoms with van der Waals surface area (Å²) in [6, 6.07) is 7.21. The number of carbonyl (C=O) groups excluding carboxylic acids is 4. The highest BCUT2D eigenvalue weighted by Gasteiger charge is 2.52. The van der Waals surface area contributed by atoms with E-state index in [1.165, 1.54) is 46.2 Å². The molecule has 296 valence electrons. The minimum atomic E-state index is -0.626. The monoisotopic (exact) mass is 792 g/mol. The van der Waals surface area contributed by atoms with Crippen molar-refractivity contribution in [3.05, 3.63) is 58.1 Å². The van der Waals surface area contributed by atoms with E-state index in [-0.39, 0.29) is 33.7 Å². The van der Waals surface area contributed by atoms with Crippen molar-refractivity contribution >= 4 is 58.6 Å². The van der Waals surface area contributed by atoms with Crippen LogP contribution < -0.4 is 9.80 Å². The summed E-state index contributed by atoms with van der Waals surface area (Å²) in [6.45, 7) is 11.9. The fraction of sp³-hybridized carbons (Fsp3) is 0.600. The zero-order valence-electron chi connectivity index (χ0n) is 32.3. The molecule has 6 atom stereocenters. The molecule has 2 aliphatic carbocycles. The first-order chi connectivity index (χ1) is 25.2. The van der Waals surface area contributed by atoms with Gasteiger partial charge in [-0.15, -0.1) is 0 Å². The number of rotatable bonds is 4. The highest BCUT2D eigenvalue weighted by Crippen LogP contribution is 2.45. The molecule has 4 amide bonds. The van der Waals surface area contributed by atoms with E-state index in [0.717, 1.165) is 38.5 Å². The smallest absolute Gasteiger partial charge is 0.410 e. The zero-order valence-corrected chi connectivity index (χ0v) is 33.8. The van der Waals surface area contributed by atoms with E-state index in [9.17, 15) is 28.0 Å². The summed E-state index contributed by atoms with van der Waals surface area (Å²) in [5, 5.41) is -0.0809. The fourth-order valence-electron chi connectivity index (χ4n) is 8.30. The molecule has 0 spiro atoms. The molecule has 2 saturated heterocycles. The van der Waals surface area contributed by atoms with Gasteiger partial charge in [0.15, 0.2) is 0 Å². The van der Waals surface area contributed by atoms with E-state index >= 15 is 0 Å². The molecule has 4 aliphatic rings. The van der Waals surface area contributed by atoms with Crippen molar-refractivity contribution in [2.24, 2.45) is 23.7 Å². The van der Waals surface area contributed by atoms with Crippen molar-refractivity contribution in [3.63, 3.8) is 0 Å². The first-order valence-corrected chi connectivity index (χ1v) is 19.4. The second-order valence-corrected chi connectivity index (χ2v) is 17.7. The van der Waals surface area contributed by atoms with Crippen molar-refractivity contribution in [3.8, 4) is 0 Å². The van der Waals surface area contributed by atoms with Gasteiger partial charge in [0.1, 0.15) is 34.9 Å². The van der Waals surface area contributed by atoms with Gasteiger partial charge in [-0.05, 0) is 127 Å². The summed E-state index contributed by atoms with van der Waals surface area (Å²) in [7, 11) is 3.25. The second-order valence-electron chi connectivity index (χ2n) is 16.9. The molecule has 2 saturated carbocycles. The van der Waals surface area contributed by atoms with Gasteiger partial charge in [0.05, 0.1) is 10.0 Å². The Labute approximate surface area is 327 Å². The SMILES string of the molecule is CN(C(=O)[C@@H]1[C@H]2CCC[C@H]2CN1C(=O)OC(C)(C)C)c1ccc(F)c(Cl)c1.CN(C(=O)[C@@H]1[C@H]2CCC[C@H]2CN1C(=O)OC(C)(C)C)c1ccc(F)c(Cl)c1. The molecule has 6 rings (SSSR count). The number of fused-ring (bicyclic) bond motifs is 2. The predicted octanol–water partition coefficient (Wildman–Crippen LogP) is 8.96. The van der Waals surface area contributed by atoms with Crippen LogP contribution in [0.25, 0.3) is 0 Å². The van der Waals surface area contributed by atoms with Crippen molar-refractivity contribution < 1.29 is 37.4 Å². The molecule has 4 fully saturated rings. The highest BCUT2D eigenvalue weighted by atomic mass is 35.5. The number of hydrogen-bond donors (Lipinski definition) is 0. The third-order valence-corrected chi connectivity index (χ3v) is 11.4. The molecule has 0 aromatic heterocycles. The second kappa shape index (κ2) is 16.2. The number of amides is 4. The van der Waals surface area contributed by atoms with Gasteiger partial charge in [0.2, 0.25) is 11.8 Å². The molecule has 2 aliphatic heterocycles. The maximum atomic E-state index is 13.5. The lowest BCUT2D eigenvalue weighted by Crippen LogP contribution is -2.50. The Balaban J connectivity index is 0.000000208. The Morgan fingerprint density at radius 3 is 1.31 bits per heavy atom. The van der Waals surface area contributed by atoms with Crippen LogP contribution in [0.15, 0.2) is 36.4 Å². The number of likely N-dealkylation sites (tertiary alicyclic amines) is 2. The number of benzene rings is 2. The van der Waals surface area contributed by atoms with Crippen LogP contribution in [-0.2, 0) is 19.1 Å². The molecular formula is C40H52Cl2F2N4O6. The third kappa shape index (κ3) is 9.24. The maximum absolute atomic E-state index is 13.5. The molecule has 14 heteroatoms. The van der Waals surface area contributed by atoms with Crippen molar-refractivity contribution in [2.45, 2.75) is 103 Å². The van der Waals surface area contributed by atoms with Crippen molar-refractivity contribution in [1.82, 2.24) is 9.80 Å². The molecule has 2 heterocycles. The van der Waals surface area contributed by atoms with Crippen LogP contribution >= 0.6 is 23.2 Å². The van der Waals surface area contributed by atoms with Crippen LogP contribution in [0.1, 0.15) is 80.1 Å². The van der Waals surface area contributed by atoms with Gasteiger partial charge >= 0.3 is 12.2 Å². The summed E-state index contributed by atoms with van der Waals surface area (Å²) < 4.78 is 38.0. The molecule has 0 N–H and O–H groups in total. The van der Waals surface area contributed by atoms with Crippen LogP contribution in [0.5, 0.6) is 0 Å². The molecule has 2 aromatic rings. The van der Waals surface area contributed by atoms with E-state index in [0.29, 0.717) is 36.3 Å². The molecule has 0 radical (unpaired) electrons. The number of ether oxygens (including phenoxy) is 2. The first kappa shape index (κ1) is 41.5. The molecule has 0 bridgehead atoms. The number of likely N-dealkylation sites (N-methyl/N-ethyl adjacent to an activating group) is 2. The Kier molecular flexibility index (Phi) is 12.5. The van der Waals surface area contributed by atoms with E-state index in [1.807, 2.05) is 41.5 Å². The summed E-state index contributed by atoms with van der Waals surface area (Å²) in [5.41, 5.74) is -0.258. The lowest BCUT2D eigenvalue weighted by molar-refractivity contribution is -0.124. The Hall–Kier alpha value is -3.64. The summed E-state index contributed by atoms with van der Waals surface area (Å²) in [4.78, 5) is 58.1. The lowest BCUT2D eigenvalue weighted by atomic mass is 9.93. The average Bonchev–Trinajstić information content (AvgIpc) is 3.86. The molecule has 54 heavy (non-hydrogen) atoms. The van der Waals surface area contributed by atoms with Gasteiger partial charge < -0.3 is 19.3 Å². The van der Waals surface area contributed by atoms with E-state index in [2.05, 4.69) is 0 Å². The summed E-state index contributed by atoms with van der Waals surface area (Å²) in [5.74, 6) is -0.572. The molecule has 0 unspecified atom stereocenters. The van der Waals surface area contributed by atoms with Crippen molar-refractivity contribution in [2.75, 3.05) is 37.0 Å². The minimum absolute atomic E-state index is 0.0405. The summed E-state index contributed by atoms with van der Waals surface area (Å²) in [6.07, 6.45) is 5.07. The highest BCUT2D eigenvalue weighted by molar-refractivity contribution is 6.31. The van der Waals surface area contributed by atoms with Gasteiger partial charge in [-0.25, -0.2) is 18.4 Å². The van der Waals surface area contributed by atoms with E-state index < -0.39 is 47.1 Å². The van der Waals surface area contributed by atoms with E-state index in [1.54, 1.807) is 23.9 Å². The van der Waals surface area contributed by atoms with Crippen LogP contribution in [-0.4, -0.2) is 84.3 Å². The standard InChI is InChI=1S/2C20H26ClFN2O3/c2*1-20(2,3)27-19(26)24-11-12-6-5-7-14(12)17(24)18(25)23(4)13-8-9-16(22)15(21)10-13/h2*8-10,12,14,17H,5-7,11H2,1-4H3/t2*12-,14-,17-/m00/s1. The Morgan fingerprint density at radius 1 is 0.648 bits per heavy atom. The van der Waals surface area contributed by atoms with Gasteiger partial charge in [-0.1, -0.05) is 36.0 Å². The van der Waals surface area contributed by atoms with Gasteiger partial charge in [-0.3, -0.25) is 19.4 Å².